The van der Waals surface area contributed by atoms with Crippen molar-refractivity contribution in [2.24, 2.45) is 5.92 Å². The number of hydrogen-bond donors (Lipinski definition) is 2. The number of nitrogens with zero attached hydrogens (tertiary/aromatic N) is 1. The van der Waals surface area contributed by atoms with Gasteiger partial charge in [-0.15, -0.1) is 11.3 Å². The Bertz CT molecular complexity index is 337. The van der Waals surface area contributed by atoms with Gasteiger partial charge < -0.3 is 10.6 Å². The lowest BCUT2D eigenvalue weighted by molar-refractivity contribution is 0.311. The molecule has 2 heterocycles. The molecule has 2 unspecified atom stereocenters. The molecule has 0 saturated carbocycles. The molecule has 2 rings (SSSR count). The van der Waals surface area contributed by atoms with Gasteiger partial charge in [-0.25, -0.2) is 4.98 Å². The molecule has 2 N–H and O–H groups in total. The van der Waals surface area contributed by atoms with Crippen LogP contribution in [0.5, 0.6) is 0 Å². The molecular formula is C13H23N3S. The average Bonchev–Trinajstić information content (AvgIpc) is 2.77. The summed E-state index contributed by atoms with van der Waals surface area (Å²) in [6.07, 6.45) is 5.72. The van der Waals surface area contributed by atoms with Crippen molar-refractivity contribution in [2.75, 3.05) is 13.1 Å². The van der Waals surface area contributed by atoms with Crippen LogP contribution in [0.4, 0.5) is 0 Å². The van der Waals surface area contributed by atoms with Crippen LogP contribution < -0.4 is 10.6 Å². The predicted octanol–water partition coefficient (Wildman–Crippen LogP) is 2.18. The van der Waals surface area contributed by atoms with Gasteiger partial charge in [0.25, 0.3) is 0 Å². The van der Waals surface area contributed by atoms with Crippen LogP contribution in [0.25, 0.3) is 0 Å². The van der Waals surface area contributed by atoms with Gasteiger partial charge in [0.05, 0.1) is 0 Å². The fourth-order valence-electron chi connectivity index (χ4n) is 2.32. The summed E-state index contributed by atoms with van der Waals surface area (Å²) in [5.41, 5.74) is 0. The van der Waals surface area contributed by atoms with E-state index in [1.807, 2.05) is 17.5 Å². The molecule has 1 aliphatic heterocycles. The van der Waals surface area contributed by atoms with E-state index in [1.165, 1.54) is 29.3 Å². The van der Waals surface area contributed by atoms with Gasteiger partial charge in [0.2, 0.25) is 0 Å². The summed E-state index contributed by atoms with van der Waals surface area (Å²) >= 11 is 1.83. The third-order valence-corrected chi connectivity index (χ3v) is 4.52. The highest BCUT2D eigenvalue weighted by Crippen LogP contribution is 2.15. The zero-order valence-corrected chi connectivity index (χ0v) is 11.6. The van der Waals surface area contributed by atoms with Crippen molar-refractivity contribution in [3.8, 4) is 0 Å². The van der Waals surface area contributed by atoms with E-state index in [0.717, 1.165) is 25.4 Å². The van der Waals surface area contributed by atoms with Gasteiger partial charge in [0.15, 0.2) is 0 Å². The number of piperidine rings is 1. The highest BCUT2D eigenvalue weighted by atomic mass is 32.1. The van der Waals surface area contributed by atoms with Gasteiger partial charge >= 0.3 is 0 Å². The van der Waals surface area contributed by atoms with Crippen LogP contribution in [0.15, 0.2) is 6.20 Å². The molecule has 2 atom stereocenters. The Kier molecular flexibility index (Phi) is 4.95. The molecule has 0 aromatic carbocycles. The van der Waals surface area contributed by atoms with Crippen molar-refractivity contribution in [2.45, 2.75) is 45.7 Å². The van der Waals surface area contributed by atoms with E-state index in [4.69, 9.17) is 0 Å². The third-order valence-electron chi connectivity index (χ3n) is 3.37. The largest absolute Gasteiger partial charge is 0.313 e. The summed E-state index contributed by atoms with van der Waals surface area (Å²) < 4.78 is 0. The average molecular weight is 253 g/mol. The van der Waals surface area contributed by atoms with Crippen molar-refractivity contribution < 1.29 is 0 Å². The Balaban J connectivity index is 1.68. The predicted molar refractivity (Wildman–Crippen MR) is 73.4 cm³/mol. The maximum atomic E-state index is 4.42. The summed E-state index contributed by atoms with van der Waals surface area (Å²) in [6, 6.07) is 0.643. The topological polar surface area (TPSA) is 37.0 Å². The minimum atomic E-state index is 0.643. The minimum absolute atomic E-state index is 0.643. The van der Waals surface area contributed by atoms with Gasteiger partial charge in [0.1, 0.15) is 5.01 Å². The lowest BCUT2D eigenvalue weighted by Gasteiger charge is -2.28. The molecule has 0 aliphatic carbocycles. The van der Waals surface area contributed by atoms with Crippen LogP contribution in [0.3, 0.4) is 0 Å². The molecule has 0 spiro atoms. The Morgan fingerprint density at radius 1 is 1.59 bits per heavy atom. The number of thiazole rings is 1. The first-order valence-electron chi connectivity index (χ1n) is 6.65. The van der Waals surface area contributed by atoms with Crippen molar-refractivity contribution in [3.05, 3.63) is 16.1 Å². The van der Waals surface area contributed by atoms with Crippen LogP contribution in [0.2, 0.25) is 0 Å². The molecule has 1 aromatic rings. The van der Waals surface area contributed by atoms with Gasteiger partial charge in [-0.05, 0) is 31.7 Å². The second kappa shape index (κ2) is 6.47. The van der Waals surface area contributed by atoms with Crippen LogP contribution in [0.1, 0.15) is 36.6 Å². The monoisotopic (exact) mass is 253 g/mol. The molecule has 96 valence electrons. The molecule has 1 aromatic heterocycles. The fraction of sp³-hybridized carbons (Fsp3) is 0.769. The van der Waals surface area contributed by atoms with E-state index in [9.17, 15) is 0 Å². The van der Waals surface area contributed by atoms with E-state index in [0.29, 0.717) is 6.04 Å². The van der Waals surface area contributed by atoms with E-state index in [2.05, 4.69) is 29.5 Å². The highest BCUT2D eigenvalue weighted by Gasteiger charge is 2.17. The summed E-state index contributed by atoms with van der Waals surface area (Å²) in [7, 11) is 0. The second-order valence-corrected chi connectivity index (χ2v) is 6.19. The maximum Gasteiger partial charge on any atom is 0.107 e. The number of aryl methyl sites for hydroxylation is 1. The zero-order chi connectivity index (χ0) is 12.1. The van der Waals surface area contributed by atoms with Crippen molar-refractivity contribution in [1.82, 2.24) is 15.6 Å². The van der Waals surface area contributed by atoms with E-state index in [1.54, 1.807) is 0 Å². The highest BCUT2D eigenvalue weighted by molar-refractivity contribution is 7.11. The Hall–Kier alpha value is -0.450. The van der Waals surface area contributed by atoms with Gasteiger partial charge in [-0.1, -0.05) is 13.8 Å². The summed E-state index contributed by atoms with van der Waals surface area (Å²) in [5.74, 6) is 0.870. The molecule has 1 saturated heterocycles. The normalized spacial score (nSPS) is 25.1. The van der Waals surface area contributed by atoms with Gasteiger partial charge in [-0.3, -0.25) is 0 Å². The van der Waals surface area contributed by atoms with Crippen molar-refractivity contribution in [3.63, 3.8) is 0 Å². The third kappa shape index (κ3) is 4.05. The zero-order valence-electron chi connectivity index (χ0n) is 10.8. The molecule has 3 nitrogen and oxygen atoms in total. The van der Waals surface area contributed by atoms with Crippen LogP contribution in [0, 0.1) is 5.92 Å². The number of hydrogen-bond acceptors (Lipinski definition) is 4. The lowest BCUT2D eigenvalue weighted by atomic mass is 9.94. The molecule has 1 fully saturated rings. The number of aromatic nitrogens is 1. The summed E-state index contributed by atoms with van der Waals surface area (Å²) in [6.45, 7) is 7.67. The molecule has 0 radical (unpaired) electrons. The van der Waals surface area contributed by atoms with Crippen LogP contribution in [-0.2, 0) is 13.0 Å². The smallest absolute Gasteiger partial charge is 0.107 e. The minimum Gasteiger partial charge on any atom is -0.313 e. The molecule has 0 bridgehead atoms. The first kappa shape index (κ1) is 13.0. The Morgan fingerprint density at radius 2 is 2.47 bits per heavy atom. The van der Waals surface area contributed by atoms with Gasteiger partial charge in [-0.2, -0.15) is 0 Å². The number of rotatable bonds is 5. The van der Waals surface area contributed by atoms with Crippen molar-refractivity contribution >= 4 is 11.3 Å². The molecule has 17 heavy (non-hydrogen) atoms. The SMILES string of the molecule is CCc1cnc(CNCC2CC(C)CCN2)s1. The second-order valence-electron chi connectivity index (χ2n) is 4.99. The standard InChI is InChI=1S/C13H23N3S/c1-3-12-8-16-13(17-12)9-14-7-11-6-10(2)4-5-15-11/h8,10-11,14-15H,3-7,9H2,1-2H3. The van der Waals surface area contributed by atoms with E-state index in [-0.39, 0.29) is 0 Å². The summed E-state index contributed by atoms with van der Waals surface area (Å²) in [4.78, 5) is 5.80. The molecule has 4 heteroatoms. The lowest BCUT2D eigenvalue weighted by Crippen LogP contribution is -2.43. The molecule has 0 amide bonds. The number of nitrogens with one attached hydrogen (secondary N) is 2. The first-order valence-corrected chi connectivity index (χ1v) is 7.47. The van der Waals surface area contributed by atoms with Gasteiger partial charge in [0, 0.05) is 30.2 Å². The van der Waals surface area contributed by atoms with Crippen LogP contribution >= 0.6 is 11.3 Å². The van der Waals surface area contributed by atoms with E-state index < -0.39 is 0 Å². The van der Waals surface area contributed by atoms with Crippen molar-refractivity contribution in [1.29, 1.82) is 0 Å². The first-order chi connectivity index (χ1) is 8.28. The summed E-state index contributed by atoms with van der Waals surface area (Å²) in [5, 5.41) is 8.30. The maximum absolute atomic E-state index is 4.42. The Labute approximate surface area is 108 Å². The quantitative estimate of drug-likeness (QED) is 0.844. The fourth-order valence-corrected chi connectivity index (χ4v) is 3.15. The van der Waals surface area contributed by atoms with E-state index >= 15 is 0 Å². The molecular weight excluding hydrogens is 230 g/mol. The Morgan fingerprint density at radius 3 is 3.18 bits per heavy atom. The molecule has 1 aliphatic rings. The van der Waals surface area contributed by atoms with Crippen LogP contribution in [-0.4, -0.2) is 24.1 Å².